The topological polar surface area (TPSA) is 95.6 Å². The molecule has 2 aromatic rings. The van der Waals surface area contributed by atoms with Gasteiger partial charge in [-0.2, -0.15) is 4.98 Å². The van der Waals surface area contributed by atoms with Gasteiger partial charge >= 0.3 is 5.97 Å². The van der Waals surface area contributed by atoms with Gasteiger partial charge in [0.25, 0.3) is 6.01 Å². The van der Waals surface area contributed by atoms with E-state index >= 15 is 0 Å². The summed E-state index contributed by atoms with van der Waals surface area (Å²) in [6.07, 6.45) is 0. The Kier molecular flexibility index (Phi) is 3.44. The highest BCUT2D eigenvalue weighted by atomic mass is 16.4. The molecule has 0 atom stereocenters. The van der Waals surface area contributed by atoms with Crippen LogP contribution in [-0.4, -0.2) is 34.3 Å². The number of carboxylic acids is 1. The van der Waals surface area contributed by atoms with Gasteiger partial charge < -0.3 is 19.9 Å². The number of aromatic carboxylic acids is 1. The van der Waals surface area contributed by atoms with Gasteiger partial charge in [-0.25, -0.2) is 4.79 Å². The first-order valence-corrected chi connectivity index (χ1v) is 5.90. The summed E-state index contributed by atoms with van der Waals surface area (Å²) in [4.78, 5) is 15.0. The first kappa shape index (κ1) is 13.4. The number of anilines is 1. The maximum Gasteiger partial charge on any atom is 0.335 e. The Hall–Kier alpha value is -2.08. The molecule has 0 aliphatic carbocycles. The molecule has 0 fully saturated rings. The van der Waals surface area contributed by atoms with Crippen molar-refractivity contribution in [3.8, 4) is 0 Å². The van der Waals surface area contributed by atoms with E-state index in [1.807, 2.05) is 13.8 Å². The zero-order chi connectivity index (χ0) is 14.0. The molecule has 1 aromatic heterocycles. The number of hydrogen-bond acceptors (Lipinski definition) is 5. The van der Waals surface area contributed by atoms with E-state index in [0.29, 0.717) is 23.7 Å². The minimum Gasteiger partial charge on any atom is -0.478 e. The molecule has 2 rings (SSSR count). The summed E-state index contributed by atoms with van der Waals surface area (Å²) in [6.45, 7) is 4.36. The van der Waals surface area contributed by atoms with E-state index in [0.717, 1.165) is 0 Å². The molecule has 0 spiro atoms. The Labute approximate surface area is 110 Å². The summed E-state index contributed by atoms with van der Waals surface area (Å²) in [5, 5.41) is 21.0. The molecule has 0 unspecified atom stereocenters. The Balaban J connectivity index is 2.20. The van der Waals surface area contributed by atoms with Crippen LogP contribution in [0.1, 0.15) is 24.2 Å². The van der Waals surface area contributed by atoms with Crippen LogP contribution in [0.15, 0.2) is 22.6 Å². The molecule has 6 heteroatoms. The highest BCUT2D eigenvalue weighted by molar-refractivity contribution is 5.92. The minimum atomic E-state index is -1.01. The molecule has 102 valence electrons. The van der Waals surface area contributed by atoms with E-state index in [1.54, 1.807) is 6.07 Å². The Morgan fingerprint density at radius 1 is 1.47 bits per heavy atom. The van der Waals surface area contributed by atoms with E-state index in [1.165, 1.54) is 12.1 Å². The van der Waals surface area contributed by atoms with Crippen molar-refractivity contribution in [3.05, 3.63) is 23.8 Å². The average molecular weight is 264 g/mol. The fourth-order valence-corrected chi connectivity index (χ4v) is 1.50. The lowest BCUT2D eigenvalue weighted by Gasteiger charge is -2.20. The van der Waals surface area contributed by atoms with E-state index in [9.17, 15) is 4.79 Å². The van der Waals surface area contributed by atoms with Crippen LogP contribution in [0.25, 0.3) is 11.1 Å². The number of aliphatic hydroxyl groups excluding tert-OH is 1. The van der Waals surface area contributed by atoms with Crippen molar-refractivity contribution in [2.45, 2.75) is 13.8 Å². The SMILES string of the molecule is CC(C)(CO)CNc1nc2ccc(C(=O)O)cc2o1. The molecule has 0 saturated carbocycles. The Morgan fingerprint density at radius 2 is 2.21 bits per heavy atom. The van der Waals surface area contributed by atoms with E-state index in [-0.39, 0.29) is 17.6 Å². The number of fused-ring (bicyclic) bond motifs is 1. The van der Waals surface area contributed by atoms with Crippen LogP contribution in [0.4, 0.5) is 6.01 Å². The lowest BCUT2D eigenvalue weighted by molar-refractivity contribution is 0.0697. The molecular formula is C13H16N2O4. The van der Waals surface area contributed by atoms with Crippen molar-refractivity contribution < 1.29 is 19.4 Å². The van der Waals surface area contributed by atoms with Gasteiger partial charge in [-0.1, -0.05) is 13.8 Å². The molecule has 0 radical (unpaired) electrons. The van der Waals surface area contributed by atoms with Crippen LogP contribution in [-0.2, 0) is 0 Å². The van der Waals surface area contributed by atoms with Crippen molar-refractivity contribution in [1.29, 1.82) is 0 Å². The third-order valence-corrected chi connectivity index (χ3v) is 2.78. The molecule has 0 saturated heterocycles. The highest BCUT2D eigenvalue weighted by Gasteiger charge is 2.17. The predicted octanol–water partition coefficient (Wildman–Crippen LogP) is 1.96. The molecule has 19 heavy (non-hydrogen) atoms. The van der Waals surface area contributed by atoms with Crippen molar-refractivity contribution in [1.82, 2.24) is 4.98 Å². The molecule has 0 aliphatic heterocycles. The highest BCUT2D eigenvalue weighted by Crippen LogP contribution is 2.22. The lowest BCUT2D eigenvalue weighted by atomic mass is 9.95. The second-order valence-corrected chi connectivity index (χ2v) is 5.18. The molecule has 1 aromatic carbocycles. The number of carbonyl (C=O) groups is 1. The van der Waals surface area contributed by atoms with Gasteiger partial charge in [0, 0.05) is 18.6 Å². The molecule has 6 nitrogen and oxygen atoms in total. The van der Waals surface area contributed by atoms with Gasteiger partial charge in [0.05, 0.1) is 5.56 Å². The van der Waals surface area contributed by atoms with Crippen molar-refractivity contribution in [2.24, 2.45) is 5.41 Å². The fraction of sp³-hybridized carbons (Fsp3) is 0.385. The van der Waals surface area contributed by atoms with Gasteiger partial charge in [-0.15, -0.1) is 0 Å². The van der Waals surface area contributed by atoms with Crippen molar-refractivity contribution >= 4 is 23.1 Å². The number of rotatable bonds is 5. The van der Waals surface area contributed by atoms with Crippen LogP contribution < -0.4 is 5.32 Å². The van der Waals surface area contributed by atoms with E-state index in [4.69, 9.17) is 14.6 Å². The van der Waals surface area contributed by atoms with E-state index < -0.39 is 5.97 Å². The fourth-order valence-electron chi connectivity index (χ4n) is 1.50. The molecule has 3 N–H and O–H groups in total. The summed E-state index contributed by atoms with van der Waals surface area (Å²) in [7, 11) is 0. The lowest BCUT2D eigenvalue weighted by Crippen LogP contribution is -2.26. The Morgan fingerprint density at radius 3 is 2.84 bits per heavy atom. The van der Waals surface area contributed by atoms with Crippen LogP contribution >= 0.6 is 0 Å². The van der Waals surface area contributed by atoms with Crippen LogP contribution in [0.3, 0.4) is 0 Å². The molecule has 0 aliphatic rings. The third kappa shape index (κ3) is 3.03. The number of nitrogens with zero attached hydrogens (tertiary/aromatic N) is 1. The van der Waals surface area contributed by atoms with E-state index in [2.05, 4.69) is 10.3 Å². The molecule has 1 heterocycles. The number of carboxylic acid groups (broad SMARTS) is 1. The third-order valence-electron chi connectivity index (χ3n) is 2.78. The van der Waals surface area contributed by atoms with Gasteiger partial charge in [-0.3, -0.25) is 0 Å². The second kappa shape index (κ2) is 4.89. The smallest absolute Gasteiger partial charge is 0.335 e. The zero-order valence-corrected chi connectivity index (χ0v) is 10.8. The van der Waals surface area contributed by atoms with Gasteiger partial charge in [0.15, 0.2) is 5.58 Å². The minimum absolute atomic E-state index is 0.0450. The Bertz CT molecular complexity index is 604. The van der Waals surface area contributed by atoms with Crippen LogP contribution in [0, 0.1) is 5.41 Å². The number of benzene rings is 1. The summed E-state index contributed by atoms with van der Waals surface area (Å²) < 4.78 is 5.43. The molecular weight excluding hydrogens is 248 g/mol. The number of aromatic nitrogens is 1. The summed E-state index contributed by atoms with van der Waals surface area (Å²) in [5.41, 5.74) is 0.886. The number of nitrogens with one attached hydrogen (secondary N) is 1. The second-order valence-electron chi connectivity index (χ2n) is 5.18. The maximum atomic E-state index is 10.8. The number of oxazole rings is 1. The quantitative estimate of drug-likeness (QED) is 0.764. The van der Waals surface area contributed by atoms with Crippen molar-refractivity contribution in [2.75, 3.05) is 18.5 Å². The maximum absolute atomic E-state index is 10.8. The van der Waals surface area contributed by atoms with Gasteiger partial charge in [0.2, 0.25) is 0 Å². The standard InChI is InChI=1S/C13H16N2O4/c1-13(2,7-16)6-14-12-15-9-4-3-8(11(17)18)5-10(9)19-12/h3-5,16H,6-7H2,1-2H3,(H,14,15)(H,17,18). The summed E-state index contributed by atoms with van der Waals surface area (Å²) >= 11 is 0. The largest absolute Gasteiger partial charge is 0.478 e. The number of aliphatic hydroxyl groups is 1. The normalized spacial score (nSPS) is 11.7. The molecule has 0 amide bonds. The summed E-state index contributed by atoms with van der Waals surface area (Å²) in [5.74, 6) is -1.01. The zero-order valence-electron chi connectivity index (χ0n) is 10.8. The van der Waals surface area contributed by atoms with Crippen LogP contribution in [0.2, 0.25) is 0 Å². The number of hydrogen-bond donors (Lipinski definition) is 3. The molecule has 0 bridgehead atoms. The first-order valence-electron chi connectivity index (χ1n) is 5.90. The predicted molar refractivity (Wildman–Crippen MR) is 70.3 cm³/mol. The van der Waals surface area contributed by atoms with Crippen molar-refractivity contribution in [3.63, 3.8) is 0 Å². The van der Waals surface area contributed by atoms with Gasteiger partial charge in [-0.05, 0) is 18.2 Å². The first-order chi connectivity index (χ1) is 8.91. The monoisotopic (exact) mass is 264 g/mol. The average Bonchev–Trinajstić information content (AvgIpc) is 2.78. The summed E-state index contributed by atoms with van der Waals surface area (Å²) in [6, 6.07) is 4.84. The van der Waals surface area contributed by atoms with Gasteiger partial charge in [0.1, 0.15) is 5.52 Å². The van der Waals surface area contributed by atoms with Crippen LogP contribution in [0.5, 0.6) is 0 Å².